The quantitative estimate of drug-likeness (QED) is 0.693. The topological polar surface area (TPSA) is 93.0 Å². The summed E-state index contributed by atoms with van der Waals surface area (Å²) in [5.74, 6) is -0.113. The zero-order valence-corrected chi connectivity index (χ0v) is 18.5. The van der Waals surface area contributed by atoms with Gasteiger partial charge in [-0.2, -0.15) is 4.31 Å². The molecule has 0 bridgehead atoms. The molecule has 0 unspecified atom stereocenters. The summed E-state index contributed by atoms with van der Waals surface area (Å²) in [6.45, 7) is 4.36. The first-order chi connectivity index (χ1) is 14.5. The van der Waals surface area contributed by atoms with Crippen LogP contribution in [-0.4, -0.2) is 68.1 Å². The van der Waals surface area contributed by atoms with Gasteiger partial charge in [-0.25, -0.2) is 8.42 Å². The first-order valence-corrected chi connectivity index (χ1v) is 12.3. The second kappa shape index (κ2) is 9.01. The Morgan fingerprint density at radius 2 is 2.07 bits per heavy atom. The molecule has 10 heteroatoms. The van der Waals surface area contributed by atoms with Crippen molar-refractivity contribution in [2.24, 2.45) is 5.92 Å². The van der Waals surface area contributed by atoms with E-state index in [-0.39, 0.29) is 29.0 Å². The third-order valence-corrected chi connectivity index (χ3v) is 8.29. The van der Waals surface area contributed by atoms with Crippen LogP contribution >= 0.6 is 11.3 Å². The molecule has 2 saturated heterocycles. The minimum absolute atomic E-state index is 0.0121. The first-order valence-electron chi connectivity index (χ1n) is 10.0. The highest BCUT2D eigenvalue weighted by Crippen LogP contribution is 2.30. The van der Waals surface area contributed by atoms with Gasteiger partial charge in [0.1, 0.15) is 5.69 Å². The summed E-state index contributed by atoms with van der Waals surface area (Å²) in [5.41, 5.74) is 0.322. The maximum atomic E-state index is 13.4. The third-order valence-electron chi connectivity index (χ3n) is 5.43. The van der Waals surface area contributed by atoms with Crippen molar-refractivity contribution >= 4 is 39.4 Å². The van der Waals surface area contributed by atoms with Gasteiger partial charge in [-0.3, -0.25) is 4.79 Å². The molecular weight excluding hydrogens is 426 g/mol. The summed E-state index contributed by atoms with van der Waals surface area (Å²) < 4.78 is 38.9. The predicted octanol–water partition coefficient (Wildman–Crippen LogP) is 2.47. The molecule has 4 heterocycles. The Balaban J connectivity index is 1.54. The molecule has 2 aromatic rings. The molecule has 162 valence electrons. The molecule has 0 saturated carbocycles. The van der Waals surface area contributed by atoms with E-state index >= 15 is 0 Å². The summed E-state index contributed by atoms with van der Waals surface area (Å²) in [4.78, 5) is 15.7. The molecular formula is C20H25N3O5S2. The van der Waals surface area contributed by atoms with E-state index in [1.807, 2.05) is 23.6 Å². The number of aromatic nitrogens is 1. The summed E-state index contributed by atoms with van der Waals surface area (Å²) in [5, 5.41) is 5.83. The molecule has 4 rings (SSSR count). The fourth-order valence-electron chi connectivity index (χ4n) is 3.88. The van der Waals surface area contributed by atoms with Gasteiger partial charge in [0, 0.05) is 31.1 Å². The third kappa shape index (κ3) is 4.36. The molecule has 0 N–H and O–H groups in total. The van der Waals surface area contributed by atoms with Gasteiger partial charge in [-0.1, -0.05) is 11.2 Å². The second-order valence-corrected chi connectivity index (χ2v) is 10.3. The van der Waals surface area contributed by atoms with Crippen molar-refractivity contribution in [3.05, 3.63) is 33.8 Å². The SMILES string of the molecule is Cc1noc(/C=C/c2cccs2)c1S(=O)(=O)N1CCC[C@@H](C(=O)N2CCOCC2)C1. The molecule has 0 spiro atoms. The average Bonchev–Trinajstić information content (AvgIpc) is 3.42. The second-order valence-electron chi connectivity index (χ2n) is 7.45. The van der Waals surface area contributed by atoms with Crippen LogP contribution in [0.1, 0.15) is 29.2 Å². The smallest absolute Gasteiger partial charge is 0.248 e. The van der Waals surface area contributed by atoms with Crippen LogP contribution in [0.25, 0.3) is 12.2 Å². The van der Waals surface area contributed by atoms with E-state index in [9.17, 15) is 13.2 Å². The molecule has 0 radical (unpaired) electrons. The fourth-order valence-corrected chi connectivity index (χ4v) is 6.27. The fraction of sp³-hybridized carbons (Fsp3) is 0.500. The number of amides is 1. The monoisotopic (exact) mass is 451 g/mol. The van der Waals surface area contributed by atoms with Crippen LogP contribution in [0.2, 0.25) is 0 Å². The molecule has 1 atom stereocenters. The van der Waals surface area contributed by atoms with Crippen molar-refractivity contribution in [1.29, 1.82) is 0 Å². The van der Waals surface area contributed by atoms with E-state index < -0.39 is 10.0 Å². The van der Waals surface area contributed by atoms with Crippen molar-refractivity contribution in [1.82, 2.24) is 14.4 Å². The molecule has 2 fully saturated rings. The van der Waals surface area contributed by atoms with E-state index in [1.165, 1.54) is 4.31 Å². The lowest BCUT2D eigenvalue weighted by Gasteiger charge is -2.35. The largest absolute Gasteiger partial charge is 0.378 e. The Labute approximate surface area is 180 Å². The molecule has 30 heavy (non-hydrogen) atoms. The summed E-state index contributed by atoms with van der Waals surface area (Å²) in [6.07, 6.45) is 4.78. The van der Waals surface area contributed by atoms with Gasteiger partial charge in [0.05, 0.1) is 19.1 Å². The highest BCUT2D eigenvalue weighted by atomic mass is 32.2. The van der Waals surface area contributed by atoms with Gasteiger partial charge < -0.3 is 14.2 Å². The molecule has 2 aromatic heterocycles. The Hall–Kier alpha value is -2.01. The van der Waals surface area contributed by atoms with E-state index in [2.05, 4.69) is 5.16 Å². The number of rotatable bonds is 5. The summed E-state index contributed by atoms with van der Waals surface area (Å²) >= 11 is 1.55. The number of sulfonamides is 1. The number of piperidine rings is 1. The number of thiophene rings is 1. The van der Waals surface area contributed by atoms with Gasteiger partial charge in [0.25, 0.3) is 0 Å². The molecule has 1 amide bonds. The number of ether oxygens (including phenoxy) is 1. The van der Waals surface area contributed by atoms with Gasteiger partial charge in [-0.15, -0.1) is 11.3 Å². The minimum Gasteiger partial charge on any atom is -0.378 e. The average molecular weight is 452 g/mol. The van der Waals surface area contributed by atoms with Crippen molar-refractivity contribution < 1.29 is 22.5 Å². The summed E-state index contributed by atoms with van der Waals surface area (Å²) in [6, 6.07) is 3.86. The first kappa shape index (κ1) is 21.2. The van der Waals surface area contributed by atoms with Crippen LogP contribution in [0, 0.1) is 12.8 Å². The lowest BCUT2D eigenvalue weighted by Crippen LogP contribution is -2.49. The lowest BCUT2D eigenvalue weighted by atomic mass is 9.98. The Kier molecular flexibility index (Phi) is 6.37. The van der Waals surface area contributed by atoms with Crippen molar-refractivity contribution in [3.8, 4) is 0 Å². The number of carbonyl (C=O) groups excluding carboxylic acids is 1. The predicted molar refractivity (Wildman–Crippen MR) is 113 cm³/mol. The summed E-state index contributed by atoms with van der Waals surface area (Å²) in [7, 11) is -3.83. The van der Waals surface area contributed by atoms with Crippen LogP contribution in [0.4, 0.5) is 0 Å². The zero-order valence-electron chi connectivity index (χ0n) is 16.8. The molecule has 0 aromatic carbocycles. The zero-order chi connectivity index (χ0) is 21.1. The van der Waals surface area contributed by atoms with E-state index in [1.54, 1.807) is 29.2 Å². The number of nitrogens with zero attached hydrogens (tertiary/aromatic N) is 3. The van der Waals surface area contributed by atoms with Crippen LogP contribution in [-0.2, 0) is 19.6 Å². The lowest BCUT2D eigenvalue weighted by molar-refractivity contribution is -0.140. The van der Waals surface area contributed by atoms with Crippen LogP contribution in [0.5, 0.6) is 0 Å². The van der Waals surface area contributed by atoms with Gasteiger partial charge in [0.2, 0.25) is 15.9 Å². The number of morpholine rings is 1. The minimum atomic E-state index is -3.83. The maximum Gasteiger partial charge on any atom is 0.248 e. The standard InChI is InChI=1S/C20H25N3O5S2/c1-15-19(18(28-21-15)7-6-17-5-3-13-29-17)30(25,26)23-8-2-4-16(14-23)20(24)22-9-11-27-12-10-22/h3,5-7,13,16H,2,4,8-12,14H2,1H3/b7-6+/t16-/m1/s1. The molecule has 8 nitrogen and oxygen atoms in total. The maximum absolute atomic E-state index is 13.4. The highest BCUT2D eigenvalue weighted by molar-refractivity contribution is 7.89. The van der Waals surface area contributed by atoms with Crippen molar-refractivity contribution in [2.45, 2.75) is 24.7 Å². The molecule has 2 aliphatic rings. The Bertz CT molecular complexity index is 1010. The Morgan fingerprint density at radius 1 is 1.27 bits per heavy atom. The van der Waals surface area contributed by atoms with Crippen molar-refractivity contribution in [2.75, 3.05) is 39.4 Å². The van der Waals surface area contributed by atoms with E-state index in [0.29, 0.717) is 51.4 Å². The number of aryl methyl sites for hydroxylation is 1. The van der Waals surface area contributed by atoms with Gasteiger partial charge >= 0.3 is 0 Å². The van der Waals surface area contributed by atoms with Crippen LogP contribution in [0.15, 0.2) is 26.9 Å². The van der Waals surface area contributed by atoms with E-state index in [0.717, 1.165) is 4.88 Å². The highest BCUT2D eigenvalue weighted by Gasteiger charge is 2.38. The number of hydrogen-bond donors (Lipinski definition) is 0. The molecule has 0 aliphatic carbocycles. The van der Waals surface area contributed by atoms with Crippen LogP contribution in [0.3, 0.4) is 0 Å². The van der Waals surface area contributed by atoms with Gasteiger partial charge in [0.15, 0.2) is 10.7 Å². The number of hydrogen-bond acceptors (Lipinski definition) is 7. The Morgan fingerprint density at radius 3 is 2.80 bits per heavy atom. The van der Waals surface area contributed by atoms with Gasteiger partial charge in [-0.05, 0) is 43.4 Å². The van der Waals surface area contributed by atoms with Crippen molar-refractivity contribution in [3.63, 3.8) is 0 Å². The number of carbonyl (C=O) groups is 1. The normalized spacial score (nSPS) is 21.4. The van der Waals surface area contributed by atoms with Crippen LogP contribution < -0.4 is 0 Å². The van der Waals surface area contributed by atoms with E-state index in [4.69, 9.17) is 9.26 Å². The molecule has 2 aliphatic heterocycles.